The Hall–Kier alpha value is -0.330. The predicted molar refractivity (Wildman–Crippen MR) is 60.3 cm³/mol. The lowest BCUT2D eigenvalue weighted by atomic mass is 9.74. The highest BCUT2D eigenvalue weighted by Gasteiger charge is 2.25. The average Bonchev–Trinajstić information content (AvgIpc) is 2.16. The standard InChI is InChI=1S/C13H24O/c1-3-4-7-12-8-5-6-9-13(12)10-11(2)14/h12-13H,3-10H2,1-2H3/t12?,13-/m0/s1. The molecule has 0 radical (unpaired) electrons. The summed E-state index contributed by atoms with van der Waals surface area (Å²) in [6, 6.07) is 0. The number of Topliss-reactive ketones (excluding diaryl/α,β-unsaturated/α-hetero) is 1. The Bertz CT molecular complexity index is 174. The molecule has 0 aromatic carbocycles. The van der Waals surface area contributed by atoms with E-state index in [1.54, 1.807) is 6.92 Å². The topological polar surface area (TPSA) is 17.1 Å². The van der Waals surface area contributed by atoms with Crippen LogP contribution in [-0.4, -0.2) is 5.78 Å². The van der Waals surface area contributed by atoms with Gasteiger partial charge in [-0.2, -0.15) is 0 Å². The van der Waals surface area contributed by atoms with E-state index in [9.17, 15) is 4.79 Å². The van der Waals surface area contributed by atoms with Gasteiger partial charge in [-0.15, -0.1) is 0 Å². The third-order valence-electron chi connectivity index (χ3n) is 3.54. The first kappa shape index (κ1) is 11.7. The Morgan fingerprint density at radius 2 is 1.86 bits per heavy atom. The lowest BCUT2D eigenvalue weighted by molar-refractivity contribution is -0.118. The molecule has 14 heavy (non-hydrogen) atoms. The van der Waals surface area contributed by atoms with E-state index in [2.05, 4.69) is 6.92 Å². The molecule has 0 aromatic rings. The molecular weight excluding hydrogens is 172 g/mol. The van der Waals surface area contributed by atoms with E-state index in [1.165, 1.54) is 44.9 Å². The summed E-state index contributed by atoms with van der Waals surface area (Å²) in [6.45, 7) is 3.99. The van der Waals surface area contributed by atoms with E-state index in [4.69, 9.17) is 0 Å². The van der Waals surface area contributed by atoms with Crippen LogP contribution in [0.4, 0.5) is 0 Å². The number of hydrogen-bond acceptors (Lipinski definition) is 1. The van der Waals surface area contributed by atoms with Crippen molar-refractivity contribution in [2.24, 2.45) is 11.8 Å². The normalized spacial score (nSPS) is 27.6. The van der Waals surface area contributed by atoms with E-state index < -0.39 is 0 Å². The van der Waals surface area contributed by atoms with Gasteiger partial charge < -0.3 is 4.79 Å². The molecule has 1 heteroatoms. The Kier molecular flexibility index (Phi) is 5.21. The van der Waals surface area contributed by atoms with Crippen LogP contribution in [0.3, 0.4) is 0 Å². The summed E-state index contributed by atoms with van der Waals surface area (Å²) in [4.78, 5) is 11.1. The van der Waals surface area contributed by atoms with Crippen molar-refractivity contribution in [2.75, 3.05) is 0 Å². The molecule has 1 aliphatic rings. The molecule has 0 amide bonds. The van der Waals surface area contributed by atoms with Gasteiger partial charge in [-0.05, 0) is 25.2 Å². The number of unbranched alkanes of at least 4 members (excludes halogenated alkanes) is 1. The highest BCUT2D eigenvalue weighted by molar-refractivity contribution is 5.75. The number of rotatable bonds is 5. The third-order valence-corrected chi connectivity index (χ3v) is 3.54. The van der Waals surface area contributed by atoms with Gasteiger partial charge in [-0.3, -0.25) is 0 Å². The van der Waals surface area contributed by atoms with Gasteiger partial charge >= 0.3 is 0 Å². The smallest absolute Gasteiger partial charge is 0.130 e. The molecule has 0 saturated heterocycles. The van der Waals surface area contributed by atoms with Gasteiger partial charge in [0.15, 0.2) is 0 Å². The maximum atomic E-state index is 11.1. The molecule has 1 aliphatic carbocycles. The first-order valence-corrected chi connectivity index (χ1v) is 6.23. The fourth-order valence-corrected chi connectivity index (χ4v) is 2.77. The maximum Gasteiger partial charge on any atom is 0.130 e. The Morgan fingerprint density at radius 3 is 2.43 bits per heavy atom. The lowest BCUT2D eigenvalue weighted by Gasteiger charge is -2.31. The molecule has 0 bridgehead atoms. The summed E-state index contributed by atoms with van der Waals surface area (Å²) in [7, 11) is 0. The van der Waals surface area contributed by atoms with Gasteiger partial charge in [0.1, 0.15) is 5.78 Å². The van der Waals surface area contributed by atoms with Crippen LogP contribution >= 0.6 is 0 Å². The van der Waals surface area contributed by atoms with Crippen LogP contribution in [0.1, 0.15) is 65.2 Å². The van der Waals surface area contributed by atoms with Crippen molar-refractivity contribution < 1.29 is 4.79 Å². The molecule has 0 aromatic heterocycles. The fraction of sp³-hybridized carbons (Fsp3) is 0.923. The van der Waals surface area contributed by atoms with Gasteiger partial charge in [0.05, 0.1) is 0 Å². The fourth-order valence-electron chi connectivity index (χ4n) is 2.77. The zero-order valence-corrected chi connectivity index (χ0v) is 9.72. The van der Waals surface area contributed by atoms with Crippen molar-refractivity contribution in [2.45, 2.75) is 65.2 Å². The maximum absolute atomic E-state index is 11.1. The zero-order valence-electron chi connectivity index (χ0n) is 9.72. The Labute approximate surface area is 88.3 Å². The zero-order chi connectivity index (χ0) is 10.4. The molecule has 2 atom stereocenters. The second kappa shape index (κ2) is 6.21. The van der Waals surface area contributed by atoms with Crippen molar-refractivity contribution in [1.29, 1.82) is 0 Å². The summed E-state index contributed by atoms with van der Waals surface area (Å²) in [5.41, 5.74) is 0. The molecule has 1 saturated carbocycles. The minimum atomic E-state index is 0.387. The van der Waals surface area contributed by atoms with Crippen molar-refractivity contribution in [1.82, 2.24) is 0 Å². The van der Waals surface area contributed by atoms with E-state index in [1.807, 2.05) is 0 Å². The number of carbonyl (C=O) groups is 1. The monoisotopic (exact) mass is 196 g/mol. The number of ketones is 1. The molecule has 1 unspecified atom stereocenters. The highest BCUT2D eigenvalue weighted by atomic mass is 16.1. The van der Waals surface area contributed by atoms with Crippen molar-refractivity contribution in [3.8, 4) is 0 Å². The van der Waals surface area contributed by atoms with Crippen LogP contribution in [0, 0.1) is 11.8 Å². The first-order valence-electron chi connectivity index (χ1n) is 6.23. The van der Waals surface area contributed by atoms with E-state index in [0.29, 0.717) is 11.7 Å². The third kappa shape index (κ3) is 3.81. The van der Waals surface area contributed by atoms with Gasteiger partial charge in [0.2, 0.25) is 0 Å². The van der Waals surface area contributed by atoms with E-state index in [-0.39, 0.29) is 0 Å². The van der Waals surface area contributed by atoms with Gasteiger partial charge in [-0.25, -0.2) is 0 Å². The summed E-state index contributed by atoms with van der Waals surface area (Å²) >= 11 is 0. The largest absolute Gasteiger partial charge is 0.300 e. The van der Waals surface area contributed by atoms with Crippen molar-refractivity contribution in [3.05, 3.63) is 0 Å². The van der Waals surface area contributed by atoms with Crippen LogP contribution in [0.5, 0.6) is 0 Å². The Morgan fingerprint density at radius 1 is 1.21 bits per heavy atom. The van der Waals surface area contributed by atoms with Crippen LogP contribution in [-0.2, 0) is 4.79 Å². The molecular formula is C13H24O. The molecule has 0 aliphatic heterocycles. The molecule has 1 nitrogen and oxygen atoms in total. The summed E-state index contributed by atoms with van der Waals surface area (Å²) < 4.78 is 0. The van der Waals surface area contributed by atoms with Crippen molar-refractivity contribution in [3.63, 3.8) is 0 Å². The van der Waals surface area contributed by atoms with Gasteiger partial charge in [0, 0.05) is 6.42 Å². The van der Waals surface area contributed by atoms with E-state index in [0.717, 1.165) is 12.3 Å². The Balaban J connectivity index is 2.37. The summed E-state index contributed by atoms with van der Waals surface area (Å²) in [5.74, 6) is 1.96. The van der Waals surface area contributed by atoms with Crippen LogP contribution in [0.2, 0.25) is 0 Å². The highest BCUT2D eigenvalue weighted by Crippen LogP contribution is 2.35. The second-order valence-electron chi connectivity index (χ2n) is 4.85. The van der Waals surface area contributed by atoms with Crippen molar-refractivity contribution >= 4 is 5.78 Å². The van der Waals surface area contributed by atoms with Gasteiger partial charge in [0.25, 0.3) is 0 Å². The predicted octanol–water partition coefficient (Wildman–Crippen LogP) is 3.96. The second-order valence-corrected chi connectivity index (χ2v) is 4.85. The molecule has 1 fully saturated rings. The minimum Gasteiger partial charge on any atom is -0.300 e. The molecule has 1 rings (SSSR count). The SMILES string of the molecule is CCCCC1CCCC[C@H]1CC(C)=O. The molecule has 82 valence electrons. The van der Waals surface area contributed by atoms with Crippen LogP contribution in [0.25, 0.3) is 0 Å². The summed E-state index contributed by atoms with van der Waals surface area (Å²) in [5, 5.41) is 0. The quantitative estimate of drug-likeness (QED) is 0.650. The lowest BCUT2D eigenvalue weighted by Crippen LogP contribution is -2.21. The molecule has 0 N–H and O–H groups in total. The van der Waals surface area contributed by atoms with E-state index >= 15 is 0 Å². The molecule has 0 heterocycles. The minimum absolute atomic E-state index is 0.387. The average molecular weight is 196 g/mol. The first-order chi connectivity index (χ1) is 6.74. The van der Waals surface area contributed by atoms with Crippen LogP contribution in [0.15, 0.2) is 0 Å². The number of carbonyl (C=O) groups excluding carboxylic acids is 1. The molecule has 0 spiro atoms. The number of hydrogen-bond donors (Lipinski definition) is 0. The van der Waals surface area contributed by atoms with Crippen LogP contribution < -0.4 is 0 Å². The summed E-state index contributed by atoms with van der Waals surface area (Å²) in [6.07, 6.45) is 10.3. The van der Waals surface area contributed by atoms with Gasteiger partial charge in [-0.1, -0.05) is 45.4 Å².